The van der Waals surface area contributed by atoms with Crippen LogP contribution in [0.2, 0.25) is 0 Å². The summed E-state index contributed by atoms with van der Waals surface area (Å²) >= 11 is 0. The number of pyridine rings is 2. The van der Waals surface area contributed by atoms with Gasteiger partial charge < -0.3 is 9.13 Å². The van der Waals surface area contributed by atoms with Crippen molar-refractivity contribution >= 4 is 43.6 Å². The second kappa shape index (κ2) is 21.6. The van der Waals surface area contributed by atoms with Gasteiger partial charge in [0.15, 0.2) is 11.6 Å². The minimum absolute atomic E-state index is 0.00339. The minimum Gasteiger partial charge on any atom is -0.309 e. The molecule has 0 saturated heterocycles. The average Bonchev–Trinajstić information content (AvgIpc) is 1.08. The summed E-state index contributed by atoms with van der Waals surface area (Å²) in [5.41, 5.74) is 28.4. The number of benzene rings is 11. The molecule has 3 aliphatic carbocycles. The summed E-state index contributed by atoms with van der Waals surface area (Å²) < 4.78 is 4.66. The molecule has 0 fully saturated rings. The van der Waals surface area contributed by atoms with E-state index in [-0.39, 0.29) is 11.8 Å². The van der Waals surface area contributed by atoms with Gasteiger partial charge in [-0.05, 0) is 141 Å². The van der Waals surface area contributed by atoms with Crippen LogP contribution in [0.15, 0.2) is 316 Å². The number of aromatic nitrogens is 8. The number of rotatable bonds is 10. The molecule has 0 saturated carbocycles. The molecule has 0 N–H and O–H groups in total. The van der Waals surface area contributed by atoms with Crippen molar-refractivity contribution in [1.82, 2.24) is 39.0 Å². The highest BCUT2D eigenvalue weighted by Crippen LogP contribution is 2.57. The Balaban J connectivity index is 0.716. The maximum atomic E-state index is 5.43. The first-order valence-corrected chi connectivity index (χ1v) is 31.9. The highest BCUT2D eigenvalue weighted by Gasteiger charge is 2.42. The second-order valence-electron chi connectivity index (χ2n) is 24.5. The Morgan fingerprint density at radius 1 is 0.234 bits per heavy atom. The zero-order chi connectivity index (χ0) is 61.8. The molecule has 20 rings (SSSR count). The van der Waals surface area contributed by atoms with Crippen molar-refractivity contribution in [2.24, 2.45) is 0 Å². The summed E-state index contributed by atoms with van der Waals surface area (Å²) in [5, 5.41) is 4.49. The molecule has 0 amide bonds. The summed E-state index contributed by atoms with van der Waals surface area (Å²) in [6.45, 7) is 0. The quantitative estimate of drug-likeness (QED) is 0.136. The molecule has 2 unspecified atom stereocenters. The van der Waals surface area contributed by atoms with E-state index in [2.05, 4.69) is 298 Å². The van der Waals surface area contributed by atoms with E-state index in [1.807, 2.05) is 36.9 Å². The molecular weight excluding hydrogens is 1150 g/mol. The Hall–Kier alpha value is -12.5. The van der Waals surface area contributed by atoms with Crippen molar-refractivity contribution in [3.05, 3.63) is 349 Å². The summed E-state index contributed by atoms with van der Waals surface area (Å²) in [4.78, 5) is 30.9. The third-order valence-corrected chi connectivity index (χ3v) is 19.3. The smallest absolute Gasteiger partial charge is 0.160 e. The lowest BCUT2D eigenvalue weighted by molar-refractivity contribution is 0.755. The summed E-state index contributed by atoms with van der Waals surface area (Å²) in [5.74, 6) is 1.34. The fourth-order valence-corrected chi connectivity index (χ4v) is 15.1. The van der Waals surface area contributed by atoms with Crippen LogP contribution in [0.4, 0.5) is 0 Å². The molecule has 6 heterocycles. The Kier molecular flexibility index (Phi) is 12.2. The van der Waals surface area contributed by atoms with Crippen LogP contribution in [0.5, 0.6) is 0 Å². The van der Waals surface area contributed by atoms with Gasteiger partial charge in [0.1, 0.15) is 0 Å². The van der Waals surface area contributed by atoms with Gasteiger partial charge in [-0.3, -0.25) is 9.97 Å². The topological polar surface area (TPSA) is 87.2 Å². The minimum atomic E-state index is -0.00339. The molecule has 0 spiro atoms. The van der Waals surface area contributed by atoms with E-state index in [1.54, 1.807) is 0 Å². The van der Waals surface area contributed by atoms with E-state index in [4.69, 9.17) is 19.9 Å². The van der Waals surface area contributed by atoms with Crippen molar-refractivity contribution < 1.29 is 0 Å². The number of nitrogens with zero attached hydrogens (tertiary/aromatic N) is 8. The summed E-state index contributed by atoms with van der Waals surface area (Å²) in [6, 6.07) is 104. The molecule has 2 bridgehead atoms. The Labute approximate surface area is 542 Å². The molecule has 94 heavy (non-hydrogen) atoms. The Morgan fingerprint density at radius 2 is 0.585 bits per heavy atom. The van der Waals surface area contributed by atoms with E-state index in [0.29, 0.717) is 11.6 Å². The van der Waals surface area contributed by atoms with Crippen molar-refractivity contribution in [3.63, 3.8) is 0 Å². The van der Waals surface area contributed by atoms with Crippen LogP contribution >= 0.6 is 0 Å². The second-order valence-corrected chi connectivity index (χ2v) is 24.5. The van der Waals surface area contributed by atoms with Gasteiger partial charge in [0.05, 0.1) is 44.8 Å². The number of hydrogen-bond donors (Lipinski definition) is 0. The molecular formula is C86H54N8. The first-order chi connectivity index (χ1) is 46.6. The molecule has 0 aliphatic heterocycles. The van der Waals surface area contributed by atoms with Crippen molar-refractivity contribution in [1.29, 1.82) is 0 Å². The van der Waals surface area contributed by atoms with E-state index in [1.165, 1.54) is 33.4 Å². The third kappa shape index (κ3) is 8.61. The van der Waals surface area contributed by atoms with Crippen molar-refractivity contribution in [2.45, 2.75) is 11.8 Å². The van der Waals surface area contributed by atoms with E-state index in [9.17, 15) is 0 Å². The third-order valence-electron chi connectivity index (χ3n) is 19.3. The van der Waals surface area contributed by atoms with Crippen LogP contribution in [0.3, 0.4) is 0 Å². The Bertz CT molecular complexity index is 5520. The Morgan fingerprint density at radius 3 is 1.02 bits per heavy atom. The van der Waals surface area contributed by atoms with Gasteiger partial charge in [0.25, 0.3) is 0 Å². The normalized spacial score (nSPS) is 13.7. The first-order valence-electron chi connectivity index (χ1n) is 31.9. The maximum absolute atomic E-state index is 5.43. The van der Waals surface area contributed by atoms with Crippen LogP contribution in [-0.4, -0.2) is 39.0 Å². The van der Waals surface area contributed by atoms with Crippen LogP contribution < -0.4 is 0 Å². The van der Waals surface area contributed by atoms with Gasteiger partial charge >= 0.3 is 0 Å². The molecule has 6 aromatic heterocycles. The molecule has 0 radical (unpaired) electrons. The van der Waals surface area contributed by atoms with E-state index < -0.39 is 0 Å². The standard InChI is InChI=1S/C86H54N8/c1-5-19-53(20-6-1)85-89-75(49-77(91-85)63-29-15-13-27-61(63)55-35-39-79-69(45-55)73-51-87-43-41-81(73)93(79)59-23-9-3-10-24-59)57-33-37-67-71(47-57)83-65-31-17-18-32-66(65)84(67)72-48-58(34-38-68(72)83)76-50-78(92-86(90-76)54-21-7-2-8-22-54)64-30-16-14-28-62(64)56-36-40-80-70(46-56)74-52-88-44-42-82(74)94(80)60-25-11-4-12-26-60/h1-52,83-84H. The van der Waals surface area contributed by atoms with Gasteiger partial charge in [-0.25, -0.2) is 19.9 Å². The first kappa shape index (κ1) is 53.3. The lowest BCUT2D eigenvalue weighted by Gasteiger charge is -2.42. The molecule has 17 aromatic rings. The number of para-hydroxylation sites is 2. The van der Waals surface area contributed by atoms with Crippen molar-refractivity contribution in [2.75, 3.05) is 0 Å². The monoisotopic (exact) mass is 1200 g/mol. The van der Waals surface area contributed by atoms with E-state index in [0.717, 1.165) is 133 Å². The average molecular weight is 1200 g/mol. The zero-order valence-corrected chi connectivity index (χ0v) is 50.8. The summed E-state index contributed by atoms with van der Waals surface area (Å²) in [7, 11) is 0. The molecule has 11 aromatic carbocycles. The molecule has 3 aliphatic rings. The van der Waals surface area contributed by atoms with Gasteiger partial charge in [0.2, 0.25) is 0 Å². The molecule has 2 atom stereocenters. The number of hydrogen-bond acceptors (Lipinski definition) is 6. The fraction of sp³-hybridized carbons (Fsp3) is 0.0233. The predicted molar refractivity (Wildman–Crippen MR) is 380 cm³/mol. The molecule has 8 nitrogen and oxygen atoms in total. The SMILES string of the molecule is c1ccc(-c2nc(-c3ccc4c(c3)C3c5ccccc5C4c4cc(-c5cc(-c6ccccc6-c6ccc7c(c6)c6cnccc6n7-c6ccccc6)nc(-c6ccccc6)n5)ccc43)cc(-c3ccccc3-c3ccc4c(c3)c3cnccc3n4-c3ccccc3)n2)cc1. The predicted octanol–water partition coefficient (Wildman–Crippen LogP) is 20.6. The van der Waals surface area contributed by atoms with Crippen molar-refractivity contribution in [3.8, 4) is 101 Å². The van der Waals surface area contributed by atoms with Crippen LogP contribution in [0.1, 0.15) is 45.2 Å². The molecule has 438 valence electrons. The lowest BCUT2D eigenvalue weighted by Crippen LogP contribution is -2.27. The highest BCUT2D eigenvalue weighted by molar-refractivity contribution is 6.12. The summed E-state index contributed by atoms with van der Waals surface area (Å²) in [6.07, 6.45) is 7.72. The highest BCUT2D eigenvalue weighted by atomic mass is 15.0. The number of fused-ring (bicyclic) bond motifs is 6. The maximum Gasteiger partial charge on any atom is 0.160 e. The van der Waals surface area contributed by atoms with Crippen LogP contribution in [-0.2, 0) is 0 Å². The van der Waals surface area contributed by atoms with Gasteiger partial charge in [0, 0.05) is 103 Å². The van der Waals surface area contributed by atoms with E-state index >= 15 is 0 Å². The zero-order valence-electron chi connectivity index (χ0n) is 50.8. The van der Waals surface area contributed by atoms with Gasteiger partial charge in [-0.2, -0.15) is 0 Å². The van der Waals surface area contributed by atoms with Crippen LogP contribution in [0, 0.1) is 0 Å². The lowest BCUT2D eigenvalue weighted by atomic mass is 9.60. The molecule has 8 heteroatoms. The van der Waals surface area contributed by atoms with Gasteiger partial charge in [-0.15, -0.1) is 0 Å². The largest absolute Gasteiger partial charge is 0.309 e. The fourth-order valence-electron chi connectivity index (χ4n) is 15.1. The van der Waals surface area contributed by atoms with Crippen LogP contribution in [0.25, 0.3) is 145 Å². The van der Waals surface area contributed by atoms with Gasteiger partial charge in [-0.1, -0.05) is 206 Å².